The predicted molar refractivity (Wildman–Crippen MR) is 109 cm³/mol. The molecule has 2 aromatic carbocycles. The summed E-state index contributed by atoms with van der Waals surface area (Å²) in [6.45, 7) is 4.40. The minimum atomic E-state index is -0.367. The van der Waals surface area contributed by atoms with Crippen LogP contribution in [0, 0.1) is 25.5 Å². The molecule has 0 radical (unpaired) electrons. The molecule has 0 spiro atoms. The molecule has 1 aliphatic heterocycles. The van der Waals surface area contributed by atoms with Crippen molar-refractivity contribution in [1.29, 1.82) is 0 Å². The van der Waals surface area contributed by atoms with Crippen LogP contribution in [-0.4, -0.2) is 28.3 Å². The summed E-state index contributed by atoms with van der Waals surface area (Å²) in [7, 11) is 0. The summed E-state index contributed by atoms with van der Waals surface area (Å²) in [5.41, 5.74) is 3.43. The summed E-state index contributed by atoms with van der Waals surface area (Å²) in [5.74, 6) is -0.177. The van der Waals surface area contributed by atoms with E-state index in [9.17, 15) is 13.6 Å². The Labute approximate surface area is 173 Å². The second kappa shape index (κ2) is 8.26. The molecule has 1 amide bonds. The van der Waals surface area contributed by atoms with Crippen molar-refractivity contribution in [3.8, 4) is 16.9 Å². The molecule has 1 N–H and O–H groups in total. The molecule has 0 bridgehead atoms. The fraction of sp³-hybridized carbons (Fsp3) is 0.304. The molecule has 4 rings (SSSR count). The van der Waals surface area contributed by atoms with Crippen molar-refractivity contribution >= 4 is 5.91 Å². The van der Waals surface area contributed by atoms with Gasteiger partial charge in [0.1, 0.15) is 23.5 Å². The summed E-state index contributed by atoms with van der Waals surface area (Å²) in [6, 6.07) is 9.42. The molecule has 0 saturated carbocycles. The molecule has 1 aromatic heterocycles. The van der Waals surface area contributed by atoms with Gasteiger partial charge in [-0.1, -0.05) is 6.07 Å². The maximum atomic E-state index is 14.2. The smallest absolute Gasteiger partial charge is 0.221 e. The van der Waals surface area contributed by atoms with Crippen molar-refractivity contribution in [1.82, 2.24) is 15.1 Å². The number of hydrogen-bond donors (Lipinski definition) is 1. The third kappa shape index (κ3) is 4.35. The van der Waals surface area contributed by atoms with Gasteiger partial charge in [-0.15, -0.1) is 0 Å². The Hall–Kier alpha value is -3.22. The molecule has 0 saturated heterocycles. The fourth-order valence-corrected chi connectivity index (χ4v) is 3.65. The lowest BCUT2D eigenvalue weighted by Crippen LogP contribution is -2.34. The molecule has 5 nitrogen and oxygen atoms in total. The van der Waals surface area contributed by atoms with Crippen LogP contribution in [0.4, 0.5) is 8.78 Å². The van der Waals surface area contributed by atoms with Gasteiger partial charge < -0.3 is 10.1 Å². The van der Waals surface area contributed by atoms with Gasteiger partial charge >= 0.3 is 0 Å². The first-order valence-electron chi connectivity index (χ1n) is 9.91. The van der Waals surface area contributed by atoms with Crippen LogP contribution in [0.5, 0.6) is 5.75 Å². The number of rotatable bonds is 6. The van der Waals surface area contributed by atoms with E-state index in [0.717, 1.165) is 11.3 Å². The monoisotopic (exact) mass is 411 g/mol. The van der Waals surface area contributed by atoms with Crippen LogP contribution < -0.4 is 10.1 Å². The zero-order valence-electron chi connectivity index (χ0n) is 16.9. The third-order valence-electron chi connectivity index (χ3n) is 5.20. The lowest BCUT2D eigenvalue weighted by atomic mass is 9.99. The minimum Gasteiger partial charge on any atom is -0.487 e. The van der Waals surface area contributed by atoms with Crippen molar-refractivity contribution in [2.24, 2.45) is 0 Å². The average molecular weight is 411 g/mol. The number of halogens is 2. The van der Waals surface area contributed by atoms with Gasteiger partial charge in [-0.3, -0.25) is 9.48 Å². The Kier molecular flexibility index (Phi) is 5.53. The van der Waals surface area contributed by atoms with Gasteiger partial charge in [0, 0.05) is 36.7 Å². The first-order chi connectivity index (χ1) is 14.4. The SMILES string of the molecule is Cc1ccn(CCC(=O)NCC2Cc3cc(F)cc(-c4ccc(F)c(C)c4)c3O2)n1. The third-order valence-corrected chi connectivity index (χ3v) is 5.20. The molecular weight excluding hydrogens is 388 g/mol. The van der Waals surface area contributed by atoms with Crippen molar-refractivity contribution in [2.75, 3.05) is 6.54 Å². The van der Waals surface area contributed by atoms with Crippen molar-refractivity contribution in [3.05, 3.63) is 71.1 Å². The molecule has 0 fully saturated rings. The van der Waals surface area contributed by atoms with E-state index in [0.29, 0.717) is 48.4 Å². The highest BCUT2D eigenvalue weighted by atomic mass is 19.1. The number of nitrogens with zero attached hydrogens (tertiary/aromatic N) is 2. The Morgan fingerprint density at radius 1 is 1.23 bits per heavy atom. The zero-order valence-corrected chi connectivity index (χ0v) is 16.9. The maximum absolute atomic E-state index is 14.2. The number of hydrogen-bond acceptors (Lipinski definition) is 3. The van der Waals surface area contributed by atoms with Gasteiger partial charge in [0.05, 0.1) is 12.2 Å². The number of fused-ring (bicyclic) bond motifs is 1. The second-order valence-electron chi connectivity index (χ2n) is 7.62. The van der Waals surface area contributed by atoms with Gasteiger partial charge in [0.2, 0.25) is 5.91 Å². The van der Waals surface area contributed by atoms with Crippen LogP contribution in [0.2, 0.25) is 0 Å². The molecule has 3 aromatic rings. The van der Waals surface area contributed by atoms with Crippen LogP contribution in [0.1, 0.15) is 23.2 Å². The number of aromatic nitrogens is 2. The molecule has 7 heteroatoms. The second-order valence-corrected chi connectivity index (χ2v) is 7.62. The first kappa shape index (κ1) is 20.1. The standard InChI is InChI=1S/C23H23F2N3O2/c1-14-9-16(3-4-21(14)25)20-12-18(24)10-17-11-19(30-23(17)20)13-26-22(29)6-8-28-7-5-15(2)27-28/h3-5,7,9-10,12,19H,6,8,11,13H2,1-2H3,(H,26,29). The maximum Gasteiger partial charge on any atom is 0.221 e. The van der Waals surface area contributed by atoms with E-state index < -0.39 is 0 Å². The lowest BCUT2D eigenvalue weighted by molar-refractivity contribution is -0.121. The van der Waals surface area contributed by atoms with Crippen LogP contribution >= 0.6 is 0 Å². The molecule has 2 heterocycles. The largest absolute Gasteiger partial charge is 0.487 e. The van der Waals surface area contributed by atoms with Gasteiger partial charge in [-0.25, -0.2) is 8.78 Å². The number of carbonyl (C=O) groups excluding carboxylic acids is 1. The van der Waals surface area contributed by atoms with Gasteiger partial charge in [0.15, 0.2) is 0 Å². The van der Waals surface area contributed by atoms with Crippen LogP contribution in [0.3, 0.4) is 0 Å². The number of nitrogens with one attached hydrogen (secondary N) is 1. The number of ether oxygens (including phenoxy) is 1. The van der Waals surface area contributed by atoms with Gasteiger partial charge in [-0.2, -0.15) is 5.10 Å². The normalized spacial score (nSPS) is 15.0. The lowest BCUT2D eigenvalue weighted by Gasteiger charge is -2.14. The van der Waals surface area contributed by atoms with E-state index in [1.807, 2.05) is 19.2 Å². The van der Waals surface area contributed by atoms with Crippen LogP contribution in [0.15, 0.2) is 42.6 Å². The molecule has 1 unspecified atom stereocenters. The molecule has 1 aliphatic rings. The number of amides is 1. The van der Waals surface area contributed by atoms with E-state index >= 15 is 0 Å². The fourth-order valence-electron chi connectivity index (χ4n) is 3.65. The topological polar surface area (TPSA) is 56.2 Å². The first-order valence-corrected chi connectivity index (χ1v) is 9.91. The van der Waals surface area contributed by atoms with Crippen molar-refractivity contribution in [3.63, 3.8) is 0 Å². The van der Waals surface area contributed by atoms with E-state index in [-0.39, 0.29) is 23.6 Å². The Bertz CT molecular complexity index is 1090. The predicted octanol–water partition coefficient (Wildman–Crippen LogP) is 3.96. The highest BCUT2D eigenvalue weighted by molar-refractivity contribution is 5.76. The molecule has 0 aliphatic carbocycles. The van der Waals surface area contributed by atoms with Crippen molar-refractivity contribution in [2.45, 2.75) is 39.3 Å². The summed E-state index contributed by atoms with van der Waals surface area (Å²) in [4.78, 5) is 12.2. The molecule has 1 atom stereocenters. The molecular formula is C23H23F2N3O2. The van der Waals surface area contributed by atoms with E-state index in [2.05, 4.69) is 10.4 Å². The highest BCUT2D eigenvalue weighted by Gasteiger charge is 2.27. The zero-order chi connectivity index (χ0) is 21.3. The van der Waals surface area contributed by atoms with Crippen LogP contribution in [0.25, 0.3) is 11.1 Å². The average Bonchev–Trinajstić information content (AvgIpc) is 3.31. The molecule has 30 heavy (non-hydrogen) atoms. The summed E-state index contributed by atoms with van der Waals surface area (Å²) in [6.07, 6.45) is 2.37. The van der Waals surface area contributed by atoms with Gasteiger partial charge in [-0.05, 0) is 55.3 Å². The Morgan fingerprint density at radius 2 is 2.07 bits per heavy atom. The van der Waals surface area contributed by atoms with E-state index in [1.54, 1.807) is 23.7 Å². The van der Waals surface area contributed by atoms with Gasteiger partial charge in [0.25, 0.3) is 0 Å². The number of benzene rings is 2. The van der Waals surface area contributed by atoms with E-state index in [1.165, 1.54) is 18.2 Å². The van der Waals surface area contributed by atoms with Crippen LogP contribution in [-0.2, 0) is 17.8 Å². The minimum absolute atomic E-state index is 0.0942. The number of carbonyl (C=O) groups is 1. The Morgan fingerprint density at radius 3 is 2.80 bits per heavy atom. The van der Waals surface area contributed by atoms with E-state index in [4.69, 9.17) is 4.74 Å². The Balaban J connectivity index is 1.40. The summed E-state index contributed by atoms with van der Waals surface area (Å²) in [5, 5.41) is 7.14. The molecule has 156 valence electrons. The quantitative estimate of drug-likeness (QED) is 0.668. The van der Waals surface area contributed by atoms with Crippen molar-refractivity contribution < 1.29 is 18.3 Å². The summed E-state index contributed by atoms with van der Waals surface area (Å²) < 4.78 is 35.6. The highest BCUT2D eigenvalue weighted by Crippen LogP contribution is 2.40. The number of aryl methyl sites for hydroxylation is 3. The summed E-state index contributed by atoms with van der Waals surface area (Å²) >= 11 is 0.